The van der Waals surface area contributed by atoms with Crippen LogP contribution in [0.3, 0.4) is 0 Å². The van der Waals surface area contributed by atoms with Crippen LogP contribution in [0.5, 0.6) is 0 Å². The van der Waals surface area contributed by atoms with E-state index in [2.05, 4.69) is 10.3 Å². The second kappa shape index (κ2) is 8.50. The minimum Gasteiger partial charge on any atom is -0.350 e. The number of anilines is 2. The number of carbonyl (C=O) groups is 1. The van der Waals surface area contributed by atoms with Crippen LogP contribution in [0.15, 0.2) is 72.9 Å². The van der Waals surface area contributed by atoms with Crippen LogP contribution >= 0.6 is 11.6 Å². The first-order valence-corrected chi connectivity index (χ1v) is 8.79. The van der Waals surface area contributed by atoms with Gasteiger partial charge in [0.05, 0.1) is 11.9 Å². The molecule has 1 N–H and O–H groups in total. The van der Waals surface area contributed by atoms with E-state index in [1.54, 1.807) is 12.3 Å². The fraction of sp³-hybridized carbons (Fsp3) is 0.143. The van der Waals surface area contributed by atoms with Crippen LogP contribution in [-0.4, -0.2) is 24.5 Å². The molecule has 1 amide bonds. The molecule has 5 heteroatoms. The average molecular weight is 366 g/mol. The highest BCUT2D eigenvalue weighted by molar-refractivity contribution is 6.30. The van der Waals surface area contributed by atoms with E-state index < -0.39 is 0 Å². The molecule has 0 aliphatic heterocycles. The van der Waals surface area contributed by atoms with Crippen molar-refractivity contribution in [3.8, 4) is 0 Å². The largest absolute Gasteiger partial charge is 0.350 e. The fourth-order valence-corrected chi connectivity index (χ4v) is 2.71. The molecule has 0 fully saturated rings. The summed E-state index contributed by atoms with van der Waals surface area (Å²) in [5.41, 5.74) is 3.53. The molecule has 0 radical (unpaired) electrons. The first-order chi connectivity index (χ1) is 12.6. The maximum absolute atomic E-state index is 12.2. The van der Waals surface area contributed by atoms with E-state index in [0.717, 1.165) is 23.4 Å². The molecule has 3 rings (SSSR count). The maximum Gasteiger partial charge on any atom is 0.269 e. The summed E-state index contributed by atoms with van der Waals surface area (Å²) in [5, 5.41) is 3.61. The average Bonchev–Trinajstić information content (AvgIpc) is 2.69. The third-order valence-electron chi connectivity index (χ3n) is 4.12. The smallest absolute Gasteiger partial charge is 0.269 e. The van der Waals surface area contributed by atoms with E-state index in [-0.39, 0.29) is 5.91 Å². The highest BCUT2D eigenvalue weighted by Crippen LogP contribution is 2.22. The van der Waals surface area contributed by atoms with Crippen LogP contribution in [-0.2, 0) is 6.42 Å². The molecule has 1 aromatic heterocycles. The van der Waals surface area contributed by atoms with E-state index in [9.17, 15) is 4.79 Å². The van der Waals surface area contributed by atoms with Gasteiger partial charge in [0.15, 0.2) is 0 Å². The Morgan fingerprint density at radius 1 is 1.00 bits per heavy atom. The topological polar surface area (TPSA) is 45.2 Å². The summed E-state index contributed by atoms with van der Waals surface area (Å²) in [6.45, 7) is 0.549. The standard InChI is InChI=1S/C21H20ClN3O/c1-25(18-5-3-2-4-6-18)19-11-12-20(24-15-19)21(26)23-14-13-16-7-9-17(22)10-8-16/h2-12,15H,13-14H2,1H3,(H,23,26). The lowest BCUT2D eigenvalue weighted by Gasteiger charge is -2.19. The SMILES string of the molecule is CN(c1ccccc1)c1ccc(C(=O)NCCc2ccc(Cl)cc2)nc1. The third kappa shape index (κ3) is 4.61. The van der Waals surface area contributed by atoms with Crippen molar-refractivity contribution in [1.82, 2.24) is 10.3 Å². The van der Waals surface area contributed by atoms with Gasteiger partial charge in [0.2, 0.25) is 0 Å². The van der Waals surface area contributed by atoms with E-state index in [1.165, 1.54) is 0 Å². The van der Waals surface area contributed by atoms with E-state index >= 15 is 0 Å². The van der Waals surface area contributed by atoms with Crippen LogP contribution in [0.2, 0.25) is 5.02 Å². The molecule has 0 unspecified atom stereocenters. The van der Waals surface area contributed by atoms with Crippen molar-refractivity contribution in [1.29, 1.82) is 0 Å². The third-order valence-corrected chi connectivity index (χ3v) is 4.38. The van der Waals surface area contributed by atoms with Crippen molar-refractivity contribution in [2.24, 2.45) is 0 Å². The molecular weight excluding hydrogens is 346 g/mol. The van der Waals surface area contributed by atoms with Gasteiger partial charge in [-0.2, -0.15) is 0 Å². The van der Waals surface area contributed by atoms with Crippen LogP contribution in [0.4, 0.5) is 11.4 Å². The quantitative estimate of drug-likeness (QED) is 0.700. The van der Waals surface area contributed by atoms with Crippen molar-refractivity contribution < 1.29 is 4.79 Å². The molecule has 0 aliphatic carbocycles. The Kier molecular flexibility index (Phi) is 5.87. The number of benzene rings is 2. The van der Waals surface area contributed by atoms with Crippen molar-refractivity contribution >= 4 is 28.9 Å². The molecule has 3 aromatic rings. The molecule has 0 aliphatic rings. The lowest BCUT2D eigenvalue weighted by atomic mass is 10.1. The second-order valence-electron chi connectivity index (χ2n) is 5.93. The molecule has 0 spiro atoms. The van der Waals surface area contributed by atoms with Gasteiger partial charge in [-0.3, -0.25) is 4.79 Å². The number of nitrogens with one attached hydrogen (secondary N) is 1. The van der Waals surface area contributed by atoms with E-state index in [1.807, 2.05) is 72.6 Å². The Hall–Kier alpha value is -2.85. The Morgan fingerprint density at radius 2 is 1.73 bits per heavy atom. The van der Waals surface area contributed by atoms with E-state index in [0.29, 0.717) is 17.3 Å². The normalized spacial score (nSPS) is 10.4. The summed E-state index contributed by atoms with van der Waals surface area (Å²) in [4.78, 5) is 18.5. The Morgan fingerprint density at radius 3 is 2.38 bits per heavy atom. The van der Waals surface area contributed by atoms with Gasteiger partial charge in [-0.05, 0) is 48.4 Å². The summed E-state index contributed by atoms with van der Waals surface area (Å²) in [7, 11) is 1.97. The van der Waals surface area contributed by atoms with Gasteiger partial charge in [0.25, 0.3) is 5.91 Å². The minimum absolute atomic E-state index is 0.173. The Balaban J connectivity index is 1.56. The molecule has 4 nitrogen and oxygen atoms in total. The summed E-state index contributed by atoms with van der Waals surface area (Å²) < 4.78 is 0. The molecule has 0 bridgehead atoms. The Labute approximate surface area is 158 Å². The summed E-state index contributed by atoms with van der Waals surface area (Å²) in [5.74, 6) is -0.173. The zero-order chi connectivity index (χ0) is 18.4. The number of halogens is 1. The predicted octanol–water partition coefficient (Wildman–Crippen LogP) is 4.48. The van der Waals surface area contributed by atoms with Crippen molar-refractivity contribution in [3.05, 3.63) is 89.2 Å². The maximum atomic E-state index is 12.2. The van der Waals surface area contributed by atoms with Gasteiger partial charge in [-0.25, -0.2) is 4.98 Å². The van der Waals surface area contributed by atoms with Gasteiger partial charge in [0, 0.05) is 24.3 Å². The number of amides is 1. The second-order valence-corrected chi connectivity index (χ2v) is 6.37. The number of carbonyl (C=O) groups excluding carboxylic acids is 1. The van der Waals surface area contributed by atoms with Crippen molar-refractivity contribution in [3.63, 3.8) is 0 Å². The summed E-state index contributed by atoms with van der Waals surface area (Å²) >= 11 is 5.87. The van der Waals surface area contributed by atoms with Crippen molar-refractivity contribution in [2.75, 3.05) is 18.5 Å². The first-order valence-electron chi connectivity index (χ1n) is 8.41. The highest BCUT2D eigenvalue weighted by atomic mass is 35.5. The monoisotopic (exact) mass is 365 g/mol. The van der Waals surface area contributed by atoms with Gasteiger partial charge in [-0.1, -0.05) is 41.9 Å². The van der Waals surface area contributed by atoms with Crippen LogP contribution < -0.4 is 10.2 Å². The lowest BCUT2D eigenvalue weighted by molar-refractivity contribution is 0.0949. The molecule has 0 saturated heterocycles. The number of nitrogens with zero attached hydrogens (tertiary/aromatic N) is 2. The molecule has 26 heavy (non-hydrogen) atoms. The van der Waals surface area contributed by atoms with Crippen LogP contribution in [0, 0.1) is 0 Å². The number of hydrogen-bond donors (Lipinski definition) is 1. The molecule has 1 heterocycles. The molecule has 132 valence electrons. The summed E-state index contributed by atoms with van der Waals surface area (Å²) in [6, 6.07) is 21.3. The highest BCUT2D eigenvalue weighted by Gasteiger charge is 2.09. The fourth-order valence-electron chi connectivity index (χ4n) is 2.58. The number of rotatable bonds is 6. The van der Waals surface area contributed by atoms with E-state index in [4.69, 9.17) is 11.6 Å². The molecular formula is C21H20ClN3O. The van der Waals surface area contributed by atoms with Crippen LogP contribution in [0.25, 0.3) is 0 Å². The van der Waals surface area contributed by atoms with Gasteiger partial charge < -0.3 is 10.2 Å². The Bertz CT molecular complexity index is 849. The zero-order valence-electron chi connectivity index (χ0n) is 14.5. The van der Waals surface area contributed by atoms with Crippen LogP contribution in [0.1, 0.15) is 16.1 Å². The number of para-hydroxylation sites is 1. The molecule has 0 atom stereocenters. The minimum atomic E-state index is -0.173. The van der Waals surface area contributed by atoms with Gasteiger partial charge in [-0.15, -0.1) is 0 Å². The zero-order valence-corrected chi connectivity index (χ0v) is 15.3. The number of hydrogen-bond acceptors (Lipinski definition) is 3. The first kappa shape index (κ1) is 18.0. The molecule has 2 aromatic carbocycles. The summed E-state index contributed by atoms with van der Waals surface area (Å²) in [6.07, 6.45) is 2.46. The number of pyridine rings is 1. The van der Waals surface area contributed by atoms with Crippen molar-refractivity contribution in [2.45, 2.75) is 6.42 Å². The number of aromatic nitrogens is 1. The molecule has 0 saturated carbocycles. The lowest BCUT2D eigenvalue weighted by Crippen LogP contribution is -2.26. The van der Waals surface area contributed by atoms with Gasteiger partial charge >= 0.3 is 0 Å². The van der Waals surface area contributed by atoms with Gasteiger partial charge in [0.1, 0.15) is 5.69 Å². The predicted molar refractivity (Wildman–Crippen MR) is 106 cm³/mol.